The highest BCUT2D eigenvalue weighted by Gasteiger charge is 2.03. The molecule has 0 radical (unpaired) electrons. The van der Waals surface area contributed by atoms with Crippen LogP contribution in [0.5, 0.6) is 0 Å². The molecule has 0 atom stereocenters. The maximum absolute atomic E-state index is 4.52. The van der Waals surface area contributed by atoms with Gasteiger partial charge in [0.1, 0.15) is 0 Å². The predicted molar refractivity (Wildman–Crippen MR) is 68.0 cm³/mol. The summed E-state index contributed by atoms with van der Waals surface area (Å²) in [4.78, 5) is 8.91. The second-order valence-electron chi connectivity index (χ2n) is 4.41. The van der Waals surface area contributed by atoms with E-state index in [4.69, 9.17) is 0 Å². The van der Waals surface area contributed by atoms with E-state index in [2.05, 4.69) is 34.5 Å². The van der Waals surface area contributed by atoms with Gasteiger partial charge in [-0.3, -0.25) is 4.99 Å². The fourth-order valence-electron chi connectivity index (χ4n) is 1.62. The third kappa shape index (κ3) is 2.13. The smallest absolute Gasteiger partial charge is 0.151 e. The Morgan fingerprint density at radius 2 is 2.12 bits per heavy atom. The zero-order valence-electron chi connectivity index (χ0n) is 10.0. The number of fused-ring (bicyclic) bond motifs is 1. The second-order valence-corrected chi connectivity index (χ2v) is 4.41. The Hall–Kier alpha value is -1.64. The number of para-hydroxylation sites is 2. The number of aryl methyl sites for hydroxylation is 1. The van der Waals surface area contributed by atoms with Gasteiger partial charge >= 0.3 is 0 Å². The monoisotopic (exact) mass is 215 g/mol. The first-order valence-corrected chi connectivity index (χ1v) is 5.60. The van der Waals surface area contributed by atoms with Crippen LogP contribution in [0.15, 0.2) is 29.3 Å². The molecule has 84 valence electrons. The first kappa shape index (κ1) is 10.9. The molecule has 0 aliphatic carbocycles. The quantitative estimate of drug-likeness (QED) is 0.724. The van der Waals surface area contributed by atoms with Crippen LogP contribution in [-0.2, 0) is 7.05 Å². The van der Waals surface area contributed by atoms with Crippen molar-refractivity contribution < 1.29 is 0 Å². The van der Waals surface area contributed by atoms with Crippen LogP contribution < -0.4 is 0 Å². The van der Waals surface area contributed by atoms with Crippen LogP contribution in [0, 0.1) is 5.92 Å². The van der Waals surface area contributed by atoms with Crippen LogP contribution in [0.25, 0.3) is 11.0 Å². The summed E-state index contributed by atoms with van der Waals surface area (Å²) in [6.07, 6.45) is 1.86. The lowest BCUT2D eigenvalue weighted by Gasteiger charge is -1.98. The maximum atomic E-state index is 4.52. The third-order valence-corrected chi connectivity index (χ3v) is 2.50. The van der Waals surface area contributed by atoms with E-state index in [1.54, 1.807) is 0 Å². The molecule has 16 heavy (non-hydrogen) atoms. The molecule has 0 amide bonds. The highest BCUT2D eigenvalue weighted by molar-refractivity contribution is 5.84. The van der Waals surface area contributed by atoms with Crippen LogP contribution >= 0.6 is 0 Å². The summed E-state index contributed by atoms with van der Waals surface area (Å²) in [6.45, 7) is 5.17. The number of hydrogen-bond donors (Lipinski definition) is 0. The van der Waals surface area contributed by atoms with Gasteiger partial charge in [0.25, 0.3) is 0 Å². The topological polar surface area (TPSA) is 30.2 Å². The molecule has 1 aromatic carbocycles. The number of aromatic nitrogens is 2. The number of hydrogen-bond acceptors (Lipinski definition) is 2. The zero-order valence-corrected chi connectivity index (χ0v) is 10.0. The van der Waals surface area contributed by atoms with Crippen molar-refractivity contribution in [3.05, 3.63) is 30.1 Å². The molecule has 1 heterocycles. The molecule has 0 aliphatic rings. The molecule has 2 rings (SSSR count). The van der Waals surface area contributed by atoms with Gasteiger partial charge in [-0.25, -0.2) is 4.98 Å². The molecule has 0 spiro atoms. The Kier molecular flexibility index (Phi) is 3.04. The first-order valence-electron chi connectivity index (χ1n) is 5.60. The molecule has 3 heteroatoms. The van der Waals surface area contributed by atoms with Crippen LogP contribution in [-0.4, -0.2) is 22.3 Å². The minimum absolute atomic E-state index is 0.589. The van der Waals surface area contributed by atoms with E-state index in [9.17, 15) is 0 Å². The van der Waals surface area contributed by atoms with Crippen LogP contribution in [0.2, 0.25) is 0 Å². The highest BCUT2D eigenvalue weighted by atomic mass is 15.1. The van der Waals surface area contributed by atoms with Gasteiger partial charge in [0.05, 0.1) is 17.2 Å². The molecule has 0 saturated heterocycles. The number of nitrogens with zero attached hydrogens (tertiary/aromatic N) is 3. The zero-order chi connectivity index (χ0) is 11.5. The summed E-state index contributed by atoms with van der Waals surface area (Å²) in [5, 5.41) is 0. The minimum atomic E-state index is 0.589. The van der Waals surface area contributed by atoms with Crippen LogP contribution in [0.4, 0.5) is 0 Å². The van der Waals surface area contributed by atoms with Crippen molar-refractivity contribution in [2.45, 2.75) is 13.8 Å². The summed E-state index contributed by atoms with van der Waals surface area (Å²) >= 11 is 0. The van der Waals surface area contributed by atoms with Gasteiger partial charge in [-0.05, 0) is 18.1 Å². The van der Waals surface area contributed by atoms with E-state index < -0.39 is 0 Å². The van der Waals surface area contributed by atoms with Crippen molar-refractivity contribution in [3.63, 3.8) is 0 Å². The van der Waals surface area contributed by atoms with Gasteiger partial charge in [-0.15, -0.1) is 0 Å². The van der Waals surface area contributed by atoms with Crippen molar-refractivity contribution in [2.75, 3.05) is 6.54 Å². The van der Waals surface area contributed by atoms with E-state index in [0.717, 1.165) is 23.4 Å². The van der Waals surface area contributed by atoms with Crippen molar-refractivity contribution in [3.8, 4) is 0 Å². The number of aliphatic imine (C=N–C) groups is 1. The average Bonchev–Trinajstić information content (AvgIpc) is 2.56. The van der Waals surface area contributed by atoms with Crippen molar-refractivity contribution >= 4 is 17.2 Å². The van der Waals surface area contributed by atoms with Gasteiger partial charge in [0, 0.05) is 13.6 Å². The summed E-state index contributed by atoms with van der Waals surface area (Å²) in [5.74, 6) is 1.51. The summed E-state index contributed by atoms with van der Waals surface area (Å²) in [5.41, 5.74) is 2.17. The third-order valence-electron chi connectivity index (χ3n) is 2.50. The fraction of sp³-hybridized carbons (Fsp3) is 0.385. The number of benzene rings is 1. The van der Waals surface area contributed by atoms with Gasteiger partial charge < -0.3 is 4.57 Å². The summed E-state index contributed by atoms with van der Waals surface area (Å²) in [6, 6.07) is 8.13. The van der Waals surface area contributed by atoms with Crippen LogP contribution in [0.1, 0.15) is 19.7 Å². The lowest BCUT2D eigenvalue weighted by molar-refractivity contribution is 0.666. The SMILES string of the molecule is CC(C)CN=Cc1nc2ccccc2n1C. The fourth-order valence-corrected chi connectivity index (χ4v) is 1.62. The highest BCUT2D eigenvalue weighted by Crippen LogP contribution is 2.12. The van der Waals surface area contributed by atoms with Crippen molar-refractivity contribution in [1.82, 2.24) is 9.55 Å². The maximum Gasteiger partial charge on any atom is 0.151 e. The summed E-state index contributed by atoms with van der Waals surface area (Å²) in [7, 11) is 2.02. The largest absolute Gasteiger partial charge is 0.326 e. The van der Waals surface area contributed by atoms with Gasteiger partial charge in [0.2, 0.25) is 0 Å². The summed E-state index contributed by atoms with van der Waals surface area (Å²) < 4.78 is 2.07. The molecule has 0 N–H and O–H groups in total. The van der Waals surface area contributed by atoms with Crippen LogP contribution in [0.3, 0.4) is 0 Å². The molecule has 2 aromatic rings. The first-order chi connectivity index (χ1) is 7.68. The van der Waals surface area contributed by atoms with E-state index in [-0.39, 0.29) is 0 Å². The molecule has 1 aromatic heterocycles. The Balaban J connectivity index is 2.31. The molecule has 0 saturated carbocycles. The van der Waals surface area contributed by atoms with E-state index in [0.29, 0.717) is 5.92 Å². The van der Waals surface area contributed by atoms with E-state index in [1.807, 2.05) is 31.5 Å². The van der Waals surface area contributed by atoms with Crippen molar-refractivity contribution in [2.24, 2.45) is 18.0 Å². The average molecular weight is 215 g/mol. The normalized spacial score (nSPS) is 12.0. The predicted octanol–water partition coefficient (Wildman–Crippen LogP) is 2.65. The van der Waals surface area contributed by atoms with Gasteiger partial charge in [-0.1, -0.05) is 26.0 Å². The molecular weight excluding hydrogens is 198 g/mol. The second kappa shape index (κ2) is 4.47. The Labute approximate surface area is 95.8 Å². The molecule has 0 aliphatic heterocycles. The van der Waals surface area contributed by atoms with Crippen molar-refractivity contribution in [1.29, 1.82) is 0 Å². The van der Waals surface area contributed by atoms with Gasteiger partial charge in [0.15, 0.2) is 5.82 Å². The number of imidazole rings is 1. The van der Waals surface area contributed by atoms with Gasteiger partial charge in [-0.2, -0.15) is 0 Å². The van der Waals surface area contributed by atoms with E-state index in [1.165, 1.54) is 0 Å². The number of rotatable bonds is 3. The molecule has 0 bridgehead atoms. The molecule has 0 unspecified atom stereocenters. The minimum Gasteiger partial charge on any atom is -0.326 e. The Bertz CT molecular complexity index is 509. The standard InChI is InChI=1S/C13H17N3/c1-10(2)8-14-9-13-15-11-6-4-5-7-12(11)16(13)3/h4-7,9-10H,8H2,1-3H3. The molecule has 0 fully saturated rings. The Morgan fingerprint density at radius 3 is 2.81 bits per heavy atom. The lowest BCUT2D eigenvalue weighted by Crippen LogP contribution is -1.98. The lowest BCUT2D eigenvalue weighted by atomic mass is 10.2. The molecular formula is C13H17N3. The van der Waals surface area contributed by atoms with E-state index >= 15 is 0 Å². The Morgan fingerprint density at radius 1 is 1.38 bits per heavy atom. The molecule has 3 nitrogen and oxygen atoms in total.